The van der Waals surface area contributed by atoms with Crippen molar-refractivity contribution in [3.63, 3.8) is 0 Å². The Balaban J connectivity index is 1.60. The number of anilines is 1. The average Bonchev–Trinajstić information content (AvgIpc) is 2.56. The van der Waals surface area contributed by atoms with Crippen molar-refractivity contribution >= 4 is 34.8 Å². The minimum atomic E-state index is -2.40. The number of hydrogen-bond donors (Lipinski definition) is 2. The highest BCUT2D eigenvalue weighted by Crippen LogP contribution is 2.30. The molecule has 0 fully saturated rings. The fourth-order valence-corrected chi connectivity index (χ4v) is 3.71. The summed E-state index contributed by atoms with van der Waals surface area (Å²) in [6.07, 6.45) is 3.29. The van der Waals surface area contributed by atoms with Crippen LogP contribution in [0.3, 0.4) is 0 Å². The maximum Gasteiger partial charge on any atom is 0.288 e. The van der Waals surface area contributed by atoms with Crippen molar-refractivity contribution in [2.45, 2.75) is 36.0 Å². The van der Waals surface area contributed by atoms with Gasteiger partial charge in [0.15, 0.2) is 5.11 Å². The van der Waals surface area contributed by atoms with Crippen LogP contribution in [-0.2, 0) is 6.42 Å². The number of aryl methyl sites for hydroxylation is 1. The van der Waals surface area contributed by atoms with Crippen molar-refractivity contribution in [3.8, 4) is 0 Å². The molecule has 126 valence electrons. The highest BCUT2D eigenvalue weighted by atomic mass is 32.2. The van der Waals surface area contributed by atoms with Crippen LogP contribution in [0.5, 0.6) is 0 Å². The Kier molecular flexibility index (Phi) is 5.68. The van der Waals surface area contributed by atoms with Gasteiger partial charge in [-0.05, 0) is 66.9 Å². The summed E-state index contributed by atoms with van der Waals surface area (Å²) in [5.41, 5.74) is 3.46. The van der Waals surface area contributed by atoms with Gasteiger partial charge in [0, 0.05) is 10.6 Å². The maximum atomic E-state index is 12.3. The molecule has 24 heavy (non-hydrogen) atoms. The van der Waals surface area contributed by atoms with Gasteiger partial charge in [0.1, 0.15) is 0 Å². The molecule has 0 amide bonds. The summed E-state index contributed by atoms with van der Waals surface area (Å²) in [6.45, 7) is 0. The molecule has 1 aliphatic rings. The summed E-state index contributed by atoms with van der Waals surface area (Å²) >= 11 is 5.94. The lowest BCUT2D eigenvalue weighted by molar-refractivity contribution is 0.252. The molecule has 1 unspecified atom stereocenters. The van der Waals surface area contributed by atoms with E-state index in [1.807, 2.05) is 0 Å². The van der Waals surface area contributed by atoms with Crippen molar-refractivity contribution in [1.82, 2.24) is 5.32 Å². The molecule has 0 aromatic heterocycles. The number of halogens is 2. The Morgan fingerprint density at radius 1 is 1.12 bits per heavy atom. The molecule has 0 radical (unpaired) electrons. The molecule has 1 atom stereocenters. The van der Waals surface area contributed by atoms with Gasteiger partial charge < -0.3 is 10.6 Å². The fourth-order valence-electron chi connectivity index (χ4n) is 2.95. The molecule has 6 heteroatoms. The molecule has 3 rings (SSSR count). The molecule has 2 nitrogen and oxygen atoms in total. The zero-order valence-electron chi connectivity index (χ0n) is 13.0. The Morgan fingerprint density at radius 2 is 1.88 bits per heavy atom. The summed E-state index contributed by atoms with van der Waals surface area (Å²) in [5.74, 6) is -2.40. The molecule has 0 spiro atoms. The largest absolute Gasteiger partial charge is 0.356 e. The van der Waals surface area contributed by atoms with Crippen LogP contribution in [0.1, 0.15) is 30.0 Å². The number of alkyl halides is 2. The average molecular weight is 364 g/mol. The zero-order chi connectivity index (χ0) is 16.9. The number of fused-ring (bicyclic) bond motifs is 1. The van der Waals surface area contributed by atoms with Crippen molar-refractivity contribution in [2.24, 2.45) is 0 Å². The Labute approximate surface area is 150 Å². The van der Waals surface area contributed by atoms with Crippen LogP contribution in [0.2, 0.25) is 0 Å². The third-order valence-electron chi connectivity index (χ3n) is 4.01. The first-order chi connectivity index (χ1) is 11.6. The van der Waals surface area contributed by atoms with Gasteiger partial charge in [0.05, 0.1) is 6.04 Å². The lowest BCUT2D eigenvalue weighted by Crippen LogP contribution is -2.34. The molecule has 0 aliphatic heterocycles. The van der Waals surface area contributed by atoms with Crippen LogP contribution < -0.4 is 10.6 Å². The van der Waals surface area contributed by atoms with E-state index in [0.717, 1.165) is 24.9 Å². The molecular weight excluding hydrogens is 346 g/mol. The van der Waals surface area contributed by atoms with Crippen LogP contribution in [-0.4, -0.2) is 10.9 Å². The highest BCUT2D eigenvalue weighted by Gasteiger charge is 2.20. The number of hydrogen-bond acceptors (Lipinski definition) is 2. The monoisotopic (exact) mass is 364 g/mol. The summed E-state index contributed by atoms with van der Waals surface area (Å²) in [4.78, 5) is 0.538. The van der Waals surface area contributed by atoms with E-state index in [-0.39, 0.29) is 6.04 Å². The van der Waals surface area contributed by atoms with E-state index in [9.17, 15) is 8.78 Å². The predicted octanol–water partition coefficient (Wildman–Crippen LogP) is 5.37. The summed E-state index contributed by atoms with van der Waals surface area (Å²) < 4.78 is 24.7. The van der Waals surface area contributed by atoms with Gasteiger partial charge in [-0.15, -0.1) is 0 Å². The zero-order valence-corrected chi connectivity index (χ0v) is 14.6. The Hall–Kier alpha value is -1.66. The van der Waals surface area contributed by atoms with Crippen molar-refractivity contribution in [2.75, 3.05) is 5.32 Å². The van der Waals surface area contributed by atoms with E-state index >= 15 is 0 Å². The first-order valence-corrected chi connectivity index (χ1v) is 9.11. The van der Waals surface area contributed by atoms with Crippen LogP contribution >= 0.6 is 24.0 Å². The topological polar surface area (TPSA) is 24.1 Å². The third kappa shape index (κ3) is 4.45. The molecule has 0 bridgehead atoms. The highest BCUT2D eigenvalue weighted by molar-refractivity contribution is 7.99. The van der Waals surface area contributed by atoms with Crippen LogP contribution in [0.15, 0.2) is 53.4 Å². The number of rotatable bonds is 4. The second-order valence-corrected chi connectivity index (χ2v) is 7.12. The molecule has 2 aromatic rings. The predicted molar refractivity (Wildman–Crippen MR) is 99.8 cm³/mol. The quantitative estimate of drug-likeness (QED) is 0.563. The molecular formula is C18H18F2N2S2. The summed E-state index contributed by atoms with van der Waals surface area (Å²) in [6, 6.07) is 15.5. The van der Waals surface area contributed by atoms with Gasteiger partial charge in [-0.3, -0.25) is 0 Å². The number of benzene rings is 2. The van der Waals surface area contributed by atoms with Gasteiger partial charge >= 0.3 is 0 Å². The maximum absolute atomic E-state index is 12.3. The minimum Gasteiger partial charge on any atom is -0.356 e. The van der Waals surface area contributed by atoms with E-state index in [1.165, 1.54) is 11.1 Å². The molecule has 2 aromatic carbocycles. The minimum absolute atomic E-state index is 0.212. The molecule has 0 saturated carbocycles. The number of thiocarbonyl (C=S) groups is 1. The third-order valence-corrected chi connectivity index (χ3v) is 4.95. The summed E-state index contributed by atoms with van der Waals surface area (Å²) in [5, 5.41) is 7.04. The standard InChI is InChI=1S/C18H18F2N2S2/c19-17(20)24-14-10-8-13(9-11-14)21-18(23)22-16-7-3-5-12-4-1-2-6-15(12)16/h1-2,4,6,8-11,16-17H,3,5,7H2,(H2,21,22,23). The van der Waals surface area contributed by atoms with E-state index in [4.69, 9.17) is 12.2 Å². The van der Waals surface area contributed by atoms with E-state index < -0.39 is 5.76 Å². The first-order valence-electron chi connectivity index (χ1n) is 7.82. The molecule has 0 saturated heterocycles. The van der Waals surface area contributed by atoms with Gasteiger partial charge in [-0.25, -0.2) is 0 Å². The van der Waals surface area contributed by atoms with Gasteiger partial charge in [-0.1, -0.05) is 36.0 Å². The molecule has 0 heterocycles. The van der Waals surface area contributed by atoms with Crippen molar-refractivity contribution in [1.29, 1.82) is 0 Å². The van der Waals surface area contributed by atoms with Gasteiger partial charge in [-0.2, -0.15) is 8.78 Å². The van der Waals surface area contributed by atoms with E-state index in [1.54, 1.807) is 24.3 Å². The van der Waals surface area contributed by atoms with Crippen LogP contribution in [0.25, 0.3) is 0 Å². The van der Waals surface area contributed by atoms with Crippen molar-refractivity contribution in [3.05, 3.63) is 59.7 Å². The van der Waals surface area contributed by atoms with Gasteiger partial charge in [0.2, 0.25) is 0 Å². The lowest BCUT2D eigenvalue weighted by atomic mass is 9.88. The fraction of sp³-hybridized carbons (Fsp3) is 0.278. The second kappa shape index (κ2) is 7.94. The second-order valence-electron chi connectivity index (χ2n) is 5.64. The smallest absolute Gasteiger partial charge is 0.288 e. The SMILES string of the molecule is FC(F)Sc1ccc(NC(=S)NC2CCCc3ccccc32)cc1. The summed E-state index contributed by atoms with van der Waals surface area (Å²) in [7, 11) is 0. The Bertz CT molecular complexity index is 704. The van der Waals surface area contributed by atoms with E-state index in [0.29, 0.717) is 21.8 Å². The normalized spacial score (nSPS) is 16.5. The van der Waals surface area contributed by atoms with Crippen LogP contribution in [0.4, 0.5) is 14.5 Å². The first kappa shape index (κ1) is 17.2. The van der Waals surface area contributed by atoms with Gasteiger partial charge in [0.25, 0.3) is 5.76 Å². The van der Waals surface area contributed by atoms with E-state index in [2.05, 4.69) is 34.9 Å². The molecule has 1 aliphatic carbocycles. The van der Waals surface area contributed by atoms with Crippen molar-refractivity contribution < 1.29 is 8.78 Å². The Morgan fingerprint density at radius 3 is 2.62 bits per heavy atom. The number of nitrogens with one attached hydrogen (secondary N) is 2. The van der Waals surface area contributed by atoms with Crippen LogP contribution in [0, 0.1) is 0 Å². The number of thioether (sulfide) groups is 1. The lowest BCUT2D eigenvalue weighted by Gasteiger charge is -2.27. The molecule has 2 N–H and O–H groups in total.